The van der Waals surface area contributed by atoms with Crippen molar-refractivity contribution < 1.29 is 0 Å². The van der Waals surface area contributed by atoms with E-state index in [0.717, 1.165) is 24.1 Å². The van der Waals surface area contributed by atoms with Crippen molar-refractivity contribution in [2.45, 2.75) is 32.4 Å². The minimum atomic E-state index is 0.0780. The van der Waals surface area contributed by atoms with Crippen molar-refractivity contribution in [3.63, 3.8) is 0 Å². The van der Waals surface area contributed by atoms with Crippen LogP contribution in [0.4, 0.5) is 5.69 Å². The number of anilines is 1. The molecule has 2 N–H and O–H groups in total. The third-order valence-electron chi connectivity index (χ3n) is 4.15. The minimum Gasteiger partial charge on any atom is -0.368 e. The summed E-state index contributed by atoms with van der Waals surface area (Å²) < 4.78 is 1.14. The quantitative estimate of drug-likeness (QED) is 0.907. The van der Waals surface area contributed by atoms with Gasteiger partial charge in [0.05, 0.1) is 5.69 Å². The number of hydrogen-bond donors (Lipinski definition) is 1. The maximum Gasteiger partial charge on any atom is 0.0511 e. The third-order valence-corrected chi connectivity index (χ3v) is 4.79. The van der Waals surface area contributed by atoms with Gasteiger partial charge < -0.3 is 10.6 Å². The molecule has 106 valence electrons. The zero-order chi connectivity index (χ0) is 14.2. The van der Waals surface area contributed by atoms with Gasteiger partial charge in [-0.15, -0.1) is 0 Å². The van der Waals surface area contributed by atoms with Crippen LogP contribution in [0.25, 0.3) is 0 Å². The van der Waals surface area contributed by atoms with Crippen LogP contribution >= 0.6 is 15.9 Å². The van der Waals surface area contributed by atoms with Crippen molar-refractivity contribution in [2.75, 3.05) is 31.6 Å². The van der Waals surface area contributed by atoms with Gasteiger partial charge in [-0.2, -0.15) is 0 Å². The van der Waals surface area contributed by atoms with E-state index in [-0.39, 0.29) is 11.6 Å². The number of nitrogens with two attached hydrogens (primary N) is 1. The lowest BCUT2D eigenvalue weighted by molar-refractivity contribution is 0.139. The molecule has 0 radical (unpaired) electrons. The van der Waals surface area contributed by atoms with E-state index in [1.165, 1.54) is 11.3 Å². The van der Waals surface area contributed by atoms with Gasteiger partial charge in [-0.05, 0) is 61.4 Å². The van der Waals surface area contributed by atoms with Gasteiger partial charge in [0.25, 0.3) is 0 Å². The predicted molar refractivity (Wildman–Crippen MR) is 85.7 cm³/mol. The Labute approximate surface area is 124 Å². The Morgan fingerprint density at radius 2 is 2.00 bits per heavy atom. The van der Waals surface area contributed by atoms with Crippen LogP contribution in [0.1, 0.15) is 32.4 Å². The summed E-state index contributed by atoms with van der Waals surface area (Å²) in [5.74, 6) is 0. The highest BCUT2D eigenvalue weighted by Crippen LogP contribution is 2.32. The number of rotatable bonds is 2. The highest BCUT2D eigenvalue weighted by Gasteiger charge is 2.31. The number of nitrogens with zero attached hydrogens (tertiary/aromatic N) is 2. The Kier molecular flexibility index (Phi) is 4.23. The van der Waals surface area contributed by atoms with Crippen LogP contribution in [0.3, 0.4) is 0 Å². The summed E-state index contributed by atoms with van der Waals surface area (Å²) in [6.07, 6.45) is 0. The fraction of sp³-hybridized carbons (Fsp3) is 0.600. The van der Waals surface area contributed by atoms with Crippen molar-refractivity contribution in [3.05, 3.63) is 28.2 Å². The first kappa shape index (κ1) is 14.8. The van der Waals surface area contributed by atoms with Gasteiger partial charge in [-0.25, -0.2) is 0 Å². The monoisotopic (exact) mass is 325 g/mol. The molecule has 2 rings (SSSR count). The highest BCUT2D eigenvalue weighted by atomic mass is 79.9. The highest BCUT2D eigenvalue weighted by molar-refractivity contribution is 9.10. The smallest absolute Gasteiger partial charge is 0.0511 e. The summed E-state index contributed by atoms with van der Waals surface area (Å²) in [4.78, 5) is 4.88. The molecular formula is C15H24BrN3. The fourth-order valence-corrected chi connectivity index (χ4v) is 3.16. The fourth-order valence-electron chi connectivity index (χ4n) is 2.51. The van der Waals surface area contributed by atoms with Gasteiger partial charge in [0.1, 0.15) is 0 Å². The van der Waals surface area contributed by atoms with E-state index in [1.807, 2.05) is 6.92 Å². The molecule has 0 saturated carbocycles. The number of hydrogen-bond acceptors (Lipinski definition) is 3. The van der Waals surface area contributed by atoms with Gasteiger partial charge in [0.15, 0.2) is 0 Å². The van der Waals surface area contributed by atoms with E-state index in [0.29, 0.717) is 0 Å². The normalized spacial score (nSPS) is 21.5. The molecule has 1 saturated heterocycles. The molecule has 1 aromatic rings. The maximum atomic E-state index is 5.93. The van der Waals surface area contributed by atoms with Gasteiger partial charge in [0.2, 0.25) is 0 Å². The minimum absolute atomic E-state index is 0.0780. The second-order valence-electron chi connectivity index (χ2n) is 6.16. The SMILES string of the molecule is C[C@H](N)c1ccc(N2CCN(C)C(C)(C)C2)c(Br)c1. The van der Waals surface area contributed by atoms with E-state index in [4.69, 9.17) is 5.73 Å². The first-order valence-electron chi connectivity index (χ1n) is 6.82. The zero-order valence-electron chi connectivity index (χ0n) is 12.3. The Morgan fingerprint density at radius 1 is 1.32 bits per heavy atom. The van der Waals surface area contributed by atoms with Crippen molar-refractivity contribution in [3.8, 4) is 0 Å². The van der Waals surface area contributed by atoms with Crippen LogP contribution in [-0.2, 0) is 0 Å². The zero-order valence-corrected chi connectivity index (χ0v) is 13.9. The van der Waals surface area contributed by atoms with Crippen molar-refractivity contribution in [1.82, 2.24) is 4.90 Å². The number of piperazine rings is 1. The van der Waals surface area contributed by atoms with E-state index in [9.17, 15) is 0 Å². The van der Waals surface area contributed by atoms with E-state index >= 15 is 0 Å². The topological polar surface area (TPSA) is 32.5 Å². The van der Waals surface area contributed by atoms with Gasteiger partial charge in [0, 0.05) is 35.7 Å². The van der Waals surface area contributed by atoms with Crippen molar-refractivity contribution in [2.24, 2.45) is 5.73 Å². The molecule has 0 spiro atoms. The van der Waals surface area contributed by atoms with E-state index in [2.05, 4.69) is 64.8 Å². The van der Waals surface area contributed by atoms with Crippen LogP contribution in [0, 0.1) is 0 Å². The van der Waals surface area contributed by atoms with Gasteiger partial charge in [-0.1, -0.05) is 6.07 Å². The summed E-state index contributed by atoms with van der Waals surface area (Å²) in [6, 6.07) is 6.54. The van der Waals surface area contributed by atoms with Gasteiger partial charge in [-0.3, -0.25) is 4.90 Å². The summed E-state index contributed by atoms with van der Waals surface area (Å²) in [6.45, 7) is 9.80. The largest absolute Gasteiger partial charge is 0.368 e. The average molecular weight is 326 g/mol. The average Bonchev–Trinajstić information content (AvgIpc) is 2.32. The number of likely N-dealkylation sites (N-methyl/N-ethyl adjacent to an activating group) is 1. The van der Waals surface area contributed by atoms with E-state index in [1.54, 1.807) is 0 Å². The summed E-state index contributed by atoms with van der Waals surface area (Å²) >= 11 is 3.69. The molecule has 3 nitrogen and oxygen atoms in total. The van der Waals surface area contributed by atoms with Crippen molar-refractivity contribution >= 4 is 21.6 Å². The van der Waals surface area contributed by atoms with Crippen molar-refractivity contribution in [1.29, 1.82) is 0 Å². The molecule has 1 heterocycles. The van der Waals surface area contributed by atoms with Crippen LogP contribution in [0.2, 0.25) is 0 Å². The third kappa shape index (κ3) is 3.12. The Bertz CT molecular complexity index is 457. The lowest BCUT2D eigenvalue weighted by atomic mass is 9.99. The molecule has 19 heavy (non-hydrogen) atoms. The van der Waals surface area contributed by atoms with Crippen LogP contribution in [0.5, 0.6) is 0 Å². The van der Waals surface area contributed by atoms with Crippen LogP contribution in [-0.4, -0.2) is 37.1 Å². The molecule has 1 atom stereocenters. The molecule has 1 aromatic carbocycles. The summed E-state index contributed by atoms with van der Waals surface area (Å²) in [5.41, 5.74) is 8.58. The molecule has 4 heteroatoms. The number of halogens is 1. The Balaban J connectivity index is 2.23. The maximum absolute atomic E-state index is 5.93. The molecule has 0 aromatic heterocycles. The molecule has 1 aliphatic rings. The lowest BCUT2D eigenvalue weighted by Gasteiger charge is -2.46. The molecular weight excluding hydrogens is 302 g/mol. The lowest BCUT2D eigenvalue weighted by Crippen LogP contribution is -2.57. The molecule has 0 aliphatic carbocycles. The first-order valence-corrected chi connectivity index (χ1v) is 7.62. The summed E-state index contributed by atoms with van der Waals surface area (Å²) in [5, 5.41) is 0. The molecule has 1 aliphatic heterocycles. The second kappa shape index (κ2) is 5.43. The molecule has 0 amide bonds. The first-order chi connectivity index (χ1) is 8.81. The number of benzene rings is 1. The summed E-state index contributed by atoms with van der Waals surface area (Å²) in [7, 11) is 2.20. The van der Waals surface area contributed by atoms with Crippen LogP contribution < -0.4 is 10.6 Å². The predicted octanol–water partition coefficient (Wildman–Crippen LogP) is 3.00. The molecule has 0 bridgehead atoms. The molecule has 0 unspecified atom stereocenters. The van der Waals surface area contributed by atoms with Gasteiger partial charge >= 0.3 is 0 Å². The standard InChI is InChI=1S/C15H24BrN3/c1-11(17)12-5-6-14(13(16)9-12)19-8-7-18(4)15(2,3)10-19/h5-6,9,11H,7-8,10,17H2,1-4H3/t11-/m0/s1. The second-order valence-corrected chi connectivity index (χ2v) is 7.01. The molecule has 1 fully saturated rings. The Hall–Kier alpha value is -0.580. The Morgan fingerprint density at radius 3 is 2.53 bits per heavy atom. The van der Waals surface area contributed by atoms with Crippen LogP contribution in [0.15, 0.2) is 22.7 Å². The van der Waals surface area contributed by atoms with E-state index < -0.39 is 0 Å².